The van der Waals surface area contributed by atoms with Crippen LogP contribution in [0.3, 0.4) is 0 Å². The Balaban J connectivity index is 2.29. The van der Waals surface area contributed by atoms with E-state index >= 15 is 0 Å². The van der Waals surface area contributed by atoms with Crippen LogP contribution in [0.25, 0.3) is 0 Å². The van der Waals surface area contributed by atoms with Crippen molar-refractivity contribution in [2.45, 2.75) is 12.8 Å². The summed E-state index contributed by atoms with van der Waals surface area (Å²) in [6.07, 6.45) is 0.989. The molecule has 1 aromatic rings. The predicted molar refractivity (Wildman–Crippen MR) is 69.7 cm³/mol. The maximum Gasteiger partial charge on any atom is 0.264 e. The second-order valence-electron chi connectivity index (χ2n) is 4.56. The van der Waals surface area contributed by atoms with E-state index in [-0.39, 0.29) is 24.2 Å². The molecular formula is C12H15NO5S. The van der Waals surface area contributed by atoms with E-state index in [0.29, 0.717) is 12.2 Å². The van der Waals surface area contributed by atoms with Crippen LogP contribution >= 0.6 is 0 Å². The number of amides is 1. The van der Waals surface area contributed by atoms with Crippen LogP contribution < -0.4 is 4.90 Å². The van der Waals surface area contributed by atoms with Crippen LogP contribution in [0.15, 0.2) is 18.2 Å². The van der Waals surface area contributed by atoms with Crippen LogP contribution in [0.4, 0.5) is 5.69 Å². The minimum atomic E-state index is -3.51. The summed E-state index contributed by atoms with van der Waals surface area (Å²) in [5.74, 6) is -0.308. The van der Waals surface area contributed by atoms with Crippen molar-refractivity contribution in [3.05, 3.63) is 23.8 Å². The lowest BCUT2D eigenvalue weighted by molar-refractivity contribution is -0.116. The molecule has 2 rings (SSSR count). The second-order valence-corrected chi connectivity index (χ2v) is 6.20. The molecule has 1 aliphatic rings. The summed E-state index contributed by atoms with van der Waals surface area (Å²) in [5.41, 5.74) is 1.41. The van der Waals surface area contributed by atoms with Gasteiger partial charge < -0.3 is 10.0 Å². The highest BCUT2D eigenvalue weighted by molar-refractivity contribution is 7.85. The van der Waals surface area contributed by atoms with Crippen molar-refractivity contribution in [1.29, 1.82) is 0 Å². The van der Waals surface area contributed by atoms with E-state index in [2.05, 4.69) is 0 Å². The van der Waals surface area contributed by atoms with Gasteiger partial charge in [-0.2, -0.15) is 8.42 Å². The fraction of sp³-hybridized carbons (Fsp3) is 0.417. The molecule has 104 valence electrons. The molecule has 1 amide bonds. The average molecular weight is 285 g/mol. The van der Waals surface area contributed by atoms with Gasteiger partial charge >= 0.3 is 0 Å². The monoisotopic (exact) mass is 285 g/mol. The molecule has 0 saturated carbocycles. The topological polar surface area (TPSA) is 83.9 Å². The molecule has 0 radical (unpaired) electrons. The normalized spacial score (nSPS) is 18.4. The fourth-order valence-electron chi connectivity index (χ4n) is 2.17. The summed E-state index contributed by atoms with van der Waals surface area (Å²) in [6, 6.07) is 4.69. The number of hydrogen-bond acceptors (Lipinski definition) is 5. The Morgan fingerprint density at radius 3 is 2.79 bits per heavy atom. The van der Waals surface area contributed by atoms with E-state index in [4.69, 9.17) is 4.18 Å². The Hall–Kier alpha value is -1.60. The number of benzene rings is 1. The van der Waals surface area contributed by atoms with Crippen molar-refractivity contribution in [3.63, 3.8) is 0 Å². The predicted octanol–water partition coefficient (Wildman–Crippen LogP) is 0.819. The van der Waals surface area contributed by atoms with Gasteiger partial charge in [0.15, 0.2) is 0 Å². The van der Waals surface area contributed by atoms with Gasteiger partial charge in [0.05, 0.1) is 18.6 Å². The Morgan fingerprint density at radius 2 is 2.21 bits per heavy atom. The van der Waals surface area contributed by atoms with Gasteiger partial charge in [-0.3, -0.25) is 8.98 Å². The van der Waals surface area contributed by atoms with Crippen molar-refractivity contribution < 1.29 is 22.5 Å². The molecule has 1 atom stereocenters. The van der Waals surface area contributed by atoms with E-state index < -0.39 is 10.1 Å². The van der Waals surface area contributed by atoms with Crippen molar-refractivity contribution in [3.8, 4) is 5.75 Å². The quantitative estimate of drug-likeness (QED) is 0.831. The first-order chi connectivity index (χ1) is 8.78. The molecule has 6 nitrogen and oxygen atoms in total. The highest BCUT2D eigenvalue weighted by Gasteiger charge is 2.31. The summed E-state index contributed by atoms with van der Waals surface area (Å²) >= 11 is 0. The lowest BCUT2D eigenvalue weighted by atomic mass is 10.0. The zero-order chi connectivity index (χ0) is 14.2. The number of rotatable bonds is 3. The molecule has 1 unspecified atom stereocenters. The largest absolute Gasteiger partial charge is 0.508 e. The number of carbonyl (C=O) groups excluding carboxylic acids is 1. The first-order valence-corrected chi connectivity index (χ1v) is 7.55. The van der Waals surface area contributed by atoms with Gasteiger partial charge in [-0.1, -0.05) is 6.07 Å². The number of carbonyl (C=O) groups is 1. The lowest BCUT2D eigenvalue weighted by Crippen LogP contribution is -2.28. The number of aromatic hydroxyl groups is 1. The number of nitrogens with zero attached hydrogens (tertiary/aromatic N) is 1. The van der Waals surface area contributed by atoms with Gasteiger partial charge in [0.2, 0.25) is 5.91 Å². The van der Waals surface area contributed by atoms with E-state index in [9.17, 15) is 18.3 Å². The minimum Gasteiger partial charge on any atom is -0.508 e. The molecule has 7 heteroatoms. The maximum absolute atomic E-state index is 11.6. The van der Waals surface area contributed by atoms with Gasteiger partial charge in [0, 0.05) is 25.5 Å². The van der Waals surface area contributed by atoms with Crippen LogP contribution in [0.2, 0.25) is 0 Å². The number of hydrogen-bond donors (Lipinski definition) is 1. The summed E-state index contributed by atoms with van der Waals surface area (Å²) in [4.78, 5) is 13.1. The third-order valence-corrected chi connectivity index (χ3v) is 3.58. The van der Waals surface area contributed by atoms with Crippen LogP contribution in [-0.2, 0) is 19.1 Å². The number of anilines is 1. The molecule has 0 aromatic heterocycles. The summed E-state index contributed by atoms with van der Waals surface area (Å²) in [6.45, 7) is 1.76. The Bertz CT molecular complexity index is 611. The molecular weight excluding hydrogens is 270 g/mol. The number of phenols is 1. The Morgan fingerprint density at radius 1 is 1.53 bits per heavy atom. The molecule has 0 bridgehead atoms. The van der Waals surface area contributed by atoms with Gasteiger partial charge in [-0.25, -0.2) is 0 Å². The lowest BCUT2D eigenvalue weighted by Gasteiger charge is -2.15. The van der Waals surface area contributed by atoms with Gasteiger partial charge in [-0.05, 0) is 11.6 Å². The first-order valence-electron chi connectivity index (χ1n) is 5.73. The molecule has 0 spiro atoms. The van der Waals surface area contributed by atoms with Gasteiger partial charge in [0.25, 0.3) is 10.1 Å². The molecule has 19 heavy (non-hydrogen) atoms. The van der Waals surface area contributed by atoms with Crippen molar-refractivity contribution in [1.82, 2.24) is 0 Å². The van der Waals surface area contributed by atoms with Crippen molar-refractivity contribution >= 4 is 21.7 Å². The molecule has 1 aromatic carbocycles. The van der Waals surface area contributed by atoms with Crippen molar-refractivity contribution in [2.24, 2.45) is 0 Å². The smallest absolute Gasteiger partial charge is 0.264 e. The zero-order valence-electron chi connectivity index (χ0n) is 10.7. The van der Waals surface area contributed by atoms with E-state index in [1.807, 2.05) is 0 Å². The molecule has 1 N–H and O–H groups in total. The minimum absolute atomic E-state index is 0.0135. The first kappa shape index (κ1) is 13.8. The SMILES string of the molecule is CC(=O)N1CC(COS(C)(=O)=O)c2ccc(O)cc21. The average Bonchev–Trinajstić information content (AvgIpc) is 2.63. The highest BCUT2D eigenvalue weighted by atomic mass is 32.2. The molecule has 0 fully saturated rings. The number of fused-ring (bicyclic) bond motifs is 1. The molecule has 1 aliphatic heterocycles. The summed E-state index contributed by atoms with van der Waals surface area (Å²) in [7, 11) is -3.51. The van der Waals surface area contributed by atoms with Crippen molar-refractivity contribution in [2.75, 3.05) is 24.3 Å². The van der Waals surface area contributed by atoms with Crippen LogP contribution in [0.5, 0.6) is 5.75 Å². The van der Waals surface area contributed by atoms with Gasteiger partial charge in [-0.15, -0.1) is 0 Å². The third-order valence-electron chi connectivity index (χ3n) is 3.01. The Labute approximate surface area is 111 Å². The zero-order valence-corrected chi connectivity index (χ0v) is 11.5. The van der Waals surface area contributed by atoms with Crippen LogP contribution in [0, 0.1) is 0 Å². The van der Waals surface area contributed by atoms with E-state index in [1.54, 1.807) is 6.07 Å². The summed E-state index contributed by atoms with van der Waals surface area (Å²) in [5, 5.41) is 9.48. The fourth-order valence-corrected chi connectivity index (χ4v) is 2.59. The molecule has 0 saturated heterocycles. The second kappa shape index (κ2) is 4.82. The number of phenolic OH excluding ortho intramolecular Hbond substituents is 1. The standard InChI is InChI=1S/C12H15NO5S/c1-8(14)13-6-9(7-18-19(2,16)17)11-4-3-10(15)5-12(11)13/h3-5,9,15H,6-7H2,1-2H3. The molecule has 0 aliphatic carbocycles. The molecule has 1 heterocycles. The van der Waals surface area contributed by atoms with Crippen LogP contribution in [0.1, 0.15) is 18.4 Å². The highest BCUT2D eigenvalue weighted by Crippen LogP contribution is 2.38. The van der Waals surface area contributed by atoms with E-state index in [1.165, 1.54) is 24.0 Å². The van der Waals surface area contributed by atoms with Crippen LogP contribution in [-0.4, -0.2) is 38.8 Å². The third kappa shape index (κ3) is 3.05. The van der Waals surface area contributed by atoms with E-state index in [0.717, 1.165) is 11.8 Å². The maximum atomic E-state index is 11.6. The van der Waals surface area contributed by atoms with Gasteiger partial charge in [0.1, 0.15) is 5.75 Å². The Kier molecular flexibility index (Phi) is 3.51. The summed E-state index contributed by atoms with van der Waals surface area (Å²) < 4.78 is 26.9.